The van der Waals surface area contributed by atoms with Gasteiger partial charge in [0, 0.05) is 0 Å². The Hall–Kier alpha value is -1.02. The van der Waals surface area contributed by atoms with Gasteiger partial charge in [-0.2, -0.15) is 0 Å². The summed E-state index contributed by atoms with van der Waals surface area (Å²) in [6.45, 7) is 2.37. The van der Waals surface area contributed by atoms with Crippen molar-refractivity contribution in [3.8, 4) is 5.75 Å². The van der Waals surface area contributed by atoms with Crippen molar-refractivity contribution in [1.82, 2.24) is 5.32 Å². The van der Waals surface area contributed by atoms with Crippen LogP contribution in [0.3, 0.4) is 0 Å². The third-order valence-corrected chi connectivity index (χ3v) is 5.03. The fraction of sp³-hybridized carbons (Fsp3) is 0.667. The van der Waals surface area contributed by atoms with Crippen LogP contribution in [0.5, 0.6) is 5.75 Å². The number of rotatable bonds is 3. The Kier molecular flexibility index (Phi) is 4.62. The lowest BCUT2D eigenvalue weighted by atomic mass is 9.86. The van der Waals surface area contributed by atoms with Crippen LogP contribution in [0.1, 0.15) is 48.8 Å². The molecule has 1 N–H and O–H groups in total. The van der Waals surface area contributed by atoms with Crippen molar-refractivity contribution in [2.75, 3.05) is 20.2 Å². The SMILES string of the molecule is COc1ccc2c(c1CC1CCNCC1)CCCCC2. The van der Waals surface area contributed by atoms with E-state index in [1.165, 1.54) is 70.0 Å². The number of ether oxygens (including phenoxy) is 1. The molecule has 0 unspecified atom stereocenters. The molecule has 1 fully saturated rings. The number of aryl methyl sites for hydroxylation is 1. The molecule has 2 aliphatic rings. The molecule has 0 aromatic heterocycles. The van der Waals surface area contributed by atoms with Gasteiger partial charge in [0.2, 0.25) is 0 Å². The van der Waals surface area contributed by atoms with E-state index in [1.807, 2.05) is 7.11 Å². The first kappa shape index (κ1) is 13.9. The molecule has 0 radical (unpaired) electrons. The van der Waals surface area contributed by atoms with E-state index >= 15 is 0 Å². The molecule has 2 heteroatoms. The molecule has 2 nitrogen and oxygen atoms in total. The van der Waals surface area contributed by atoms with Crippen LogP contribution in [-0.2, 0) is 19.3 Å². The summed E-state index contributed by atoms with van der Waals surface area (Å²) in [6.07, 6.45) is 10.4. The molecule has 110 valence electrons. The quantitative estimate of drug-likeness (QED) is 0.851. The van der Waals surface area contributed by atoms with Gasteiger partial charge in [-0.3, -0.25) is 0 Å². The van der Waals surface area contributed by atoms with Crippen molar-refractivity contribution in [3.63, 3.8) is 0 Å². The average Bonchev–Trinajstić information content (AvgIpc) is 2.74. The number of fused-ring (bicyclic) bond motifs is 1. The number of nitrogens with one attached hydrogen (secondary N) is 1. The van der Waals surface area contributed by atoms with Gasteiger partial charge >= 0.3 is 0 Å². The number of hydrogen-bond acceptors (Lipinski definition) is 2. The first-order chi connectivity index (χ1) is 9.88. The molecule has 1 saturated heterocycles. The van der Waals surface area contributed by atoms with E-state index in [0.29, 0.717) is 0 Å². The van der Waals surface area contributed by atoms with Crippen LogP contribution < -0.4 is 10.1 Å². The fourth-order valence-corrected chi connectivity index (χ4v) is 3.85. The third-order valence-electron chi connectivity index (χ3n) is 5.03. The lowest BCUT2D eigenvalue weighted by molar-refractivity contribution is 0.360. The van der Waals surface area contributed by atoms with Crippen molar-refractivity contribution >= 4 is 0 Å². The summed E-state index contributed by atoms with van der Waals surface area (Å²) in [5.41, 5.74) is 4.74. The summed E-state index contributed by atoms with van der Waals surface area (Å²) >= 11 is 0. The van der Waals surface area contributed by atoms with E-state index in [0.717, 1.165) is 11.7 Å². The predicted molar refractivity (Wildman–Crippen MR) is 83.6 cm³/mol. The summed E-state index contributed by atoms with van der Waals surface area (Å²) in [5, 5.41) is 3.47. The molecule has 1 aromatic rings. The van der Waals surface area contributed by atoms with Crippen LogP contribution in [-0.4, -0.2) is 20.2 Å². The highest BCUT2D eigenvalue weighted by atomic mass is 16.5. The fourth-order valence-electron chi connectivity index (χ4n) is 3.85. The summed E-state index contributed by atoms with van der Waals surface area (Å²) in [7, 11) is 1.82. The van der Waals surface area contributed by atoms with Crippen molar-refractivity contribution in [2.24, 2.45) is 5.92 Å². The van der Waals surface area contributed by atoms with Gasteiger partial charge in [-0.15, -0.1) is 0 Å². The van der Waals surface area contributed by atoms with E-state index in [4.69, 9.17) is 4.74 Å². The normalized spacial score (nSPS) is 20.2. The van der Waals surface area contributed by atoms with E-state index in [9.17, 15) is 0 Å². The Morgan fingerprint density at radius 2 is 1.90 bits per heavy atom. The van der Waals surface area contributed by atoms with E-state index in [1.54, 1.807) is 11.1 Å². The molecule has 0 amide bonds. The van der Waals surface area contributed by atoms with Crippen LogP contribution in [0, 0.1) is 5.92 Å². The maximum absolute atomic E-state index is 5.68. The molecule has 20 heavy (non-hydrogen) atoms. The maximum Gasteiger partial charge on any atom is 0.122 e. The van der Waals surface area contributed by atoms with Crippen molar-refractivity contribution in [1.29, 1.82) is 0 Å². The summed E-state index contributed by atoms with van der Waals surface area (Å²) in [5.74, 6) is 1.96. The zero-order valence-electron chi connectivity index (χ0n) is 12.7. The molecule has 1 aliphatic heterocycles. The minimum atomic E-state index is 0.833. The molecule has 1 aliphatic carbocycles. The van der Waals surface area contributed by atoms with Gasteiger partial charge in [0.25, 0.3) is 0 Å². The van der Waals surface area contributed by atoms with E-state index in [2.05, 4.69) is 17.4 Å². The zero-order chi connectivity index (χ0) is 13.8. The van der Waals surface area contributed by atoms with Crippen molar-refractivity contribution in [2.45, 2.75) is 51.4 Å². The van der Waals surface area contributed by atoms with Gasteiger partial charge in [0.1, 0.15) is 5.75 Å². The molecule has 0 saturated carbocycles. The maximum atomic E-state index is 5.68. The second-order valence-electron chi connectivity index (χ2n) is 6.34. The number of piperidine rings is 1. The minimum Gasteiger partial charge on any atom is -0.496 e. The molecular formula is C18H27NO. The van der Waals surface area contributed by atoms with Crippen LogP contribution in [0.4, 0.5) is 0 Å². The van der Waals surface area contributed by atoms with E-state index < -0.39 is 0 Å². The van der Waals surface area contributed by atoms with Gasteiger partial charge < -0.3 is 10.1 Å². The van der Waals surface area contributed by atoms with Crippen LogP contribution >= 0.6 is 0 Å². The summed E-state index contributed by atoms with van der Waals surface area (Å²) in [6, 6.07) is 4.52. The molecule has 0 atom stereocenters. The van der Waals surface area contributed by atoms with Crippen molar-refractivity contribution < 1.29 is 4.74 Å². The van der Waals surface area contributed by atoms with Gasteiger partial charge in [0.05, 0.1) is 7.11 Å². The second kappa shape index (κ2) is 6.62. The molecule has 1 aromatic carbocycles. The monoisotopic (exact) mass is 273 g/mol. The zero-order valence-corrected chi connectivity index (χ0v) is 12.7. The van der Waals surface area contributed by atoms with Crippen LogP contribution in [0.25, 0.3) is 0 Å². The average molecular weight is 273 g/mol. The predicted octanol–water partition coefficient (Wildman–Crippen LogP) is 3.51. The van der Waals surface area contributed by atoms with Crippen molar-refractivity contribution in [3.05, 3.63) is 28.8 Å². The molecule has 1 heterocycles. The first-order valence-corrected chi connectivity index (χ1v) is 8.27. The number of methoxy groups -OCH3 is 1. The Morgan fingerprint density at radius 1 is 1.10 bits per heavy atom. The highest BCUT2D eigenvalue weighted by molar-refractivity contribution is 5.46. The van der Waals surface area contributed by atoms with Crippen LogP contribution in [0.2, 0.25) is 0 Å². The van der Waals surface area contributed by atoms with Gasteiger partial charge in [-0.1, -0.05) is 12.5 Å². The smallest absolute Gasteiger partial charge is 0.122 e. The van der Waals surface area contributed by atoms with Gasteiger partial charge in [-0.05, 0) is 86.7 Å². The Bertz CT molecular complexity index is 449. The number of hydrogen-bond donors (Lipinski definition) is 1. The van der Waals surface area contributed by atoms with Gasteiger partial charge in [-0.25, -0.2) is 0 Å². The number of benzene rings is 1. The standard InChI is InChI=1S/C18H27NO/c1-20-18-8-7-15-5-3-2-4-6-16(15)17(18)13-14-9-11-19-12-10-14/h7-8,14,19H,2-6,9-13H2,1H3. The Morgan fingerprint density at radius 3 is 2.70 bits per heavy atom. The summed E-state index contributed by atoms with van der Waals surface area (Å²) in [4.78, 5) is 0. The first-order valence-electron chi connectivity index (χ1n) is 8.27. The second-order valence-corrected chi connectivity index (χ2v) is 6.34. The molecule has 0 spiro atoms. The van der Waals surface area contributed by atoms with E-state index in [-0.39, 0.29) is 0 Å². The largest absolute Gasteiger partial charge is 0.496 e. The summed E-state index contributed by atoms with van der Waals surface area (Å²) < 4.78 is 5.68. The Labute approximate surface area is 122 Å². The molecular weight excluding hydrogens is 246 g/mol. The highest BCUT2D eigenvalue weighted by Crippen LogP contribution is 2.33. The highest BCUT2D eigenvalue weighted by Gasteiger charge is 2.20. The topological polar surface area (TPSA) is 21.3 Å². The molecule has 0 bridgehead atoms. The lowest BCUT2D eigenvalue weighted by Gasteiger charge is -2.25. The molecule has 3 rings (SSSR count). The minimum absolute atomic E-state index is 0.833. The third kappa shape index (κ3) is 3.01. The van der Waals surface area contributed by atoms with Gasteiger partial charge in [0.15, 0.2) is 0 Å². The Balaban J connectivity index is 1.89. The lowest BCUT2D eigenvalue weighted by Crippen LogP contribution is -2.29. The van der Waals surface area contributed by atoms with Crippen LogP contribution in [0.15, 0.2) is 12.1 Å².